The summed E-state index contributed by atoms with van der Waals surface area (Å²) in [5.41, 5.74) is 1.35. The number of benzene rings is 1. The molecule has 2 heterocycles. The third-order valence-electron chi connectivity index (χ3n) is 4.90. The quantitative estimate of drug-likeness (QED) is 0.566. The summed E-state index contributed by atoms with van der Waals surface area (Å²) in [5.74, 6) is -1.12. The molecule has 0 aliphatic carbocycles. The average Bonchev–Trinajstić information content (AvgIpc) is 3.10. The van der Waals surface area contributed by atoms with E-state index < -0.39 is 23.5 Å². The SMILES string of the molecule is CCCC1=Nc2c(cnn2C(=O)OC(C)(C)C)C(c2ccccc2Cl)C1C(=O)OCC. The van der Waals surface area contributed by atoms with Crippen molar-refractivity contribution in [3.8, 4) is 0 Å². The van der Waals surface area contributed by atoms with Crippen molar-refractivity contribution >= 4 is 35.2 Å². The fourth-order valence-electron chi connectivity index (χ4n) is 3.75. The van der Waals surface area contributed by atoms with Gasteiger partial charge in [0.25, 0.3) is 0 Å². The first-order valence-corrected chi connectivity index (χ1v) is 10.9. The molecule has 0 spiro atoms. The molecule has 7 nitrogen and oxygen atoms in total. The highest BCUT2D eigenvalue weighted by molar-refractivity contribution is 6.31. The molecule has 0 bridgehead atoms. The largest absolute Gasteiger partial charge is 0.465 e. The van der Waals surface area contributed by atoms with Gasteiger partial charge in [0.15, 0.2) is 5.82 Å². The minimum atomic E-state index is -0.684. The maximum atomic E-state index is 13.1. The summed E-state index contributed by atoms with van der Waals surface area (Å²) in [7, 11) is 0. The maximum absolute atomic E-state index is 13.1. The molecule has 166 valence electrons. The predicted octanol–water partition coefficient (Wildman–Crippen LogP) is 5.52. The van der Waals surface area contributed by atoms with Crippen molar-refractivity contribution in [3.05, 3.63) is 46.6 Å². The first-order chi connectivity index (χ1) is 14.7. The summed E-state index contributed by atoms with van der Waals surface area (Å²) in [6.07, 6.45) is 2.29. The highest BCUT2D eigenvalue weighted by atomic mass is 35.5. The molecule has 2 atom stereocenters. The predicted molar refractivity (Wildman–Crippen MR) is 119 cm³/mol. The molecule has 2 unspecified atom stereocenters. The second kappa shape index (κ2) is 9.22. The molecule has 31 heavy (non-hydrogen) atoms. The third kappa shape index (κ3) is 4.82. The van der Waals surface area contributed by atoms with Crippen molar-refractivity contribution < 1.29 is 19.1 Å². The zero-order valence-electron chi connectivity index (χ0n) is 18.5. The lowest BCUT2D eigenvalue weighted by atomic mass is 9.76. The number of carbonyl (C=O) groups excluding carboxylic acids is 2. The van der Waals surface area contributed by atoms with E-state index in [9.17, 15) is 9.59 Å². The second-order valence-corrected chi connectivity index (χ2v) is 8.80. The number of hydrogen-bond acceptors (Lipinski definition) is 6. The molecule has 1 aromatic heterocycles. The van der Waals surface area contributed by atoms with Crippen LogP contribution in [0.5, 0.6) is 0 Å². The van der Waals surface area contributed by atoms with E-state index in [0.717, 1.165) is 16.7 Å². The topological polar surface area (TPSA) is 82.8 Å². The van der Waals surface area contributed by atoms with E-state index in [1.807, 2.05) is 25.1 Å². The van der Waals surface area contributed by atoms with Gasteiger partial charge in [-0.2, -0.15) is 5.10 Å². The minimum absolute atomic E-state index is 0.258. The summed E-state index contributed by atoms with van der Waals surface area (Å²) < 4.78 is 12.1. The number of nitrogens with zero attached hydrogens (tertiary/aromatic N) is 3. The van der Waals surface area contributed by atoms with Crippen LogP contribution in [0.2, 0.25) is 5.02 Å². The van der Waals surface area contributed by atoms with E-state index in [4.69, 9.17) is 26.1 Å². The van der Waals surface area contributed by atoms with Crippen LogP contribution in [0.4, 0.5) is 10.6 Å². The van der Waals surface area contributed by atoms with E-state index in [0.29, 0.717) is 28.5 Å². The van der Waals surface area contributed by atoms with Gasteiger partial charge in [-0.15, -0.1) is 4.68 Å². The Labute approximate surface area is 187 Å². The Morgan fingerprint density at radius 2 is 1.87 bits per heavy atom. The normalized spacial score (nSPS) is 18.2. The number of aromatic nitrogens is 2. The van der Waals surface area contributed by atoms with Crippen LogP contribution in [0.25, 0.3) is 0 Å². The molecular formula is C23H28ClN3O4. The van der Waals surface area contributed by atoms with E-state index in [-0.39, 0.29) is 12.6 Å². The van der Waals surface area contributed by atoms with Crippen LogP contribution in [0, 0.1) is 5.92 Å². The molecule has 0 saturated heterocycles. The molecule has 2 aromatic rings. The number of rotatable bonds is 5. The van der Waals surface area contributed by atoms with E-state index in [2.05, 4.69) is 5.10 Å². The number of ether oxygens (including phenoxy) is 2. The van der Waals surface area contributed by atoms with E-state index in [1.165, 1.54) is 0 Å². The van der Waals surface area contributed by atoms with Crippen LogP contribution >= 0.6 is 11.6 Å². The summed E-state index contributed by atoms with van der Waals surface area (Å²) >= 11 is 6.54. The van der Waals surface area contributed by atoms with Gasteiger partial charge in [0.2, 0.25) is 0 Å². The fraction of sp³-hybridized carbons (Fsp3) is 0.478. The zero-order valence-corrected chi connectivity index (χ0v) is 19.3. The number of carbonyl (C=O) groups is 2. The highest BCUT2D eigenvalue weighted by Crippen LogP contribution is 2.45. The van der Waals surface area contributed by atoms with Gasteiger partial charge < -0.3 is 9.47 Å². The Kier molecular flexibility index (Phi) is 6.84. The zero-order chi connectivity index (χ0) is 22.8. The molecule has 1 aromatic carbocycles. The van der Waals surface area contributed by atoms with Gasteiger partial charge in [-0.25, -0.2) is 9.79 Å². The lowest BCUT2D eigenvalue weighted by Gasteiger charge is -2.31. The van der Waals surface area contributed by atoms with Crippen molar-refractivity contribution in [2.45, 2.75) is 59.0 Å². The van der Waals surface area contributed by atoms with Crippen LogP contribution < -0.4 is 0 Å². The molecule has 0 fully saturated rings. The van der Waals surface area contributed by atoms with Crippen molar-refractivity contribution in [1.82, 2.24) is 9.78 Å². The lowest BCUT2D eigenvalue weighted by Crippen LogP contribution is -2.35. The minimum Gasteiger partial charge on any atom is -0.465 e. The summed E-state index contributed by atoms with van der Waals surface area (Å²) in [5, 5.41) is 4.79. The first-order valence-electron chi connectivity index (χ1n) is 10.5. The molecule has 0 saturated carbocycles. The number of esters is 1. The summed E-state index contributed by atoms with van der Waals surface area (Å²) in [6, 6.07) is 7.36. The van der Waals surface area contributed by atoms with Gasteiger partial charge in [0, 0.05) is 22.2 Å². The Morgan fingerprint density at radius 3 is 2.48 bits per heavy atom. The Balaban J connectivity index is 2.20. The molecule has 1 aliphatic heterocycles. The van der Waals surface area contributed by atoms with Gasteiger partial charge in [-0.05, 0) is 45.7 Å². The van der Waals surface area contributed by atoms with Crippen molar-refractivity contribution in [1.29, 1.82) is 0 Å². The monoisotopic (exact) mass is 445 g/mol. The van der Waals surface area contributed by atoms with Crippen molar-refractivity contribution in [2.24, 2.45) is 10.9 Å². The van der Waals surface area contributed by atoms with Crippen molar-refractivity contribution in [2.75, 3.05) is 6.61 Å². The fourth-order valence-corrected chi connectivity index (χ4v) is 4.00. The third-order valence-corrected chi connectivity index (χ3v) is 5.25. The molecule has 3 rings (SSSR count). The standard InChI is InChI=1S/C23H28ClN3O4/c1-6-10-17-19(21(28)30-7-2)18(14-11-8-9-12-16(14)24)15-13-25-27(20(15)26-17)22(29)31-23(3,4)5/h8-9,11-13,18-19H,6-7,10H2,1-5H3. The lowest BCUT2D eigenvalue weighted by molar-refractivity contribution is -0.146. The summed E-state index contributed by atoms with van der Waals surface area (Å²) in [6.45, 7) is 9.40. The molecule has 0 amide bonds. The second-order valence-electron chi connectivity index (χ2n) is 8.40. The van der Waals surface area contributed by atoms with E-state index in [1.54, 1.807) is 40.0 Å². The van der Waals surface area contributed by atoms with Gasteiger partial charge in [-0.1, -0.05) is 43.1 Å². The molecule has 0 N–H and O–H groups in total. The van der Waals surface area contributed by atoms with Gasteiger partial charge in [-0.3, -0.25) is 4.79 Å². The smallest absolute Gasteiger partial charge is 0.437 e. The Bertz CT molecular complexity index is 1010. The van der Waals surface area contributed by atoms with Gasteiger partial charge in [0.05, 0.1) is 12.8 Å². The number of halogens is 1. The highest BCUT2D eigenvalue weighted by Gasteiger charge is 2.43. The van der Waals surface area contributed by atoms with Crippen molar-refractivity contribution in [3.63, 3.8) is 0 Å². The Hall–Kier alpha value is -2.67. The number of hydrogen-bond donors (Lipinski definition) is 0. The van der Waals surface area contributed by atoms with Crippen LogP contribution in [0.1, 0.15) is 64.5 Å². The average molecular weight is 446 g/mol. The first kappa shape index (κ1) is 23.0. The Morgan fingerprint density at radius 1 is 1.16 bits per heavy atom. The summed E-state index contributed by atoms with van der Waals surface area (Å²) in [4.78, 5) is 30.5. The van der Waals surface area contributed by atoms with Crippen LogP contribution in [0.15, 0.2) is 35.5 Å². The number of fused-ring (bicyclic) bond motifs is 1. The number of aliphatic imine (C=N–C) groups is 1. The molecular weight excluding hydrogens is 418 g/mol. The van der Waals surface area contributed by atoms with Crippen LogP contribution in [-0.4, -0.2) is 39.8 Å². The van der Waals surface area contributed by atoms with Crippen LogP contribution in [0.3, 0.4) is 0 Å². The van der Waals surface area contributed by atoms with Crippen LogP contribution in [-0.2, 0) is 14.3 Å². The molecule has 1 aliphatic rings. The van der Waals surface area contributed by atoms with E-state index >= 15 is 0 Å². The molecule has 0 radical (unpaired) electrons. The maximum Gasteiger partial charge on any atom is 0.437 e. The van der Waals surface area contributed by atoms with Gasteiger partial charge in [0.1, 0.15) is 11.5 Å². The molecule has 8 heteroatoms. The van der Waals surface area contributed by atoms with Gasteiger partial charge >= 0.3 is 12.1 Å².